The van der Waals surface area contributed by atoms with Crippen molar-refractivity contribution in [1.82, 2.24) is 9.97 Å². The lowest BCUT2D eigenvalue weighted by molar-refractivity contribution is 0.303. The van der Waals surface area contributed by atoms with Crippen molar-refractivity contribution in [3.63, 3.8) is 0 Å². The van der Waals surface area contributed by atoms with Crippen molar-refractivity contribution in [2.24, 2.45) is 0 Å². The Morgan fingerprint density at radius 3 is 2.53 bits per heavy atom. The average molecular weight is 266 g/mol. The van der Waals surface area contributed by atoms with Crippen LogP contribution in [0.2, 0.25) is 0 Å². The Bertz CT molecular complexity index is 407. The minimum absolute atomic E-state index is 0.120. The molecule has 108 valence electrons. The van der Waals surface area contributed by atoms with Crippen LogP contribution in [-0.4, -0.2) is 41.8 Å². The Hall–Kier alpha value is -1.36. The first-order valence-corrected chi connectivity index (χ1v) is 6.95. The molecule has 1 heterocycles. The van der Waals surface area contributed by atoms with Crippen molar-refractivity contribution in [3.8, 4) is 0 Å². The molecule has 0 atom stereocenters. The van der Waals surface area contributed by atoms with Gasteiger partial charge in [0.15, 0.2) is 0 Å². The van der Waals surface area contributed by atoms with Crippen molar-refractivity contribution in [2.45, 2.75) is 40.0 Å². The quantitative estimate of drug-likeness (QED) is 0.792. The molecule has 0 aliphatic heterocycles. The molecule has 0 amide bonds. The summed E-state index contributed by atoms with van der Waals surface area (Å²) in [5.74, 6) is 2.92. The number of likely N-dealkylation sites (N-methyl/N-ethyl adjacent to an activating group) is 1. The van der Waals surface area contributed by atoms with Crippen LogP contribution in [0.5, 0.6) is 0 Å². The van der Waals surface area contributed by atoms with E-state index in [0.717, 1.165) is 36.0 Å². The molecule has 0 saturated heterocycles. The molecule has 0 aliphatic carbocycles. The molecule has 19 heavy (non-hydrogen) atoms. The molecule has 1 aromatic heterocycles. The predicted molar refractivity (Wildman–Crippen MR) is 80.0 cm³/mol. The number of nitrogens with one attached hydrogen (secondary N) is 1. The molecular formula is C14H26N4O. The van der Waals surface area contributed by atoms with E-state index in [0.29, 0.717) is 6.54 Å². The molecule has 0 saturated carbocycles. The van der Waals surface area contributed by atoms with Crippen molar-refractivity contribution in [2.75, 3.05) is 37.0 Å². The van der Waals surface area contributed by atoms with Gasteiger partial charge in [-0.1, -0.05) is 20.8 Å². The van der Waals surface area contributed by atoms with Gasteiger partial charge in [-0.3, -0.25) is 0 Å². The van der Waals surface area contributed by atoms with Gasteiger partial charge in [0.25, 0.3) is 0 Å². The van der Waals surface area contributed by atoms with E-state index in [1.807, 2.05) is 18.9 Å². The third-order valence-electron chi connectivity index (χ3n) is 2.99. The molecule has 0 aromatic carbocycles. The predicted octanol–water partition coefficient (Wildman–Crippen LogP) is 2.16. The van der Waals surface area contributed by atoms with Crippen LogP contribution < -0.4 is 10.2 Å². The van der Waals surface area contributed by atoms with Crippen LogP contribution in [0, 0.1) is 6.92 Å². The lowest BCUT2D eigenvalue weighted by Crippen LogP contribution is -2.25. The topological polar surface area (TPSA) is 61.3 Å². The van der Waals surface area contributed by atoms with Gasteiger partial charge in [-0.15, -0.1) is 0 Å². The van der Waals surface area contributed by atoms with Crippen molar-refractivity contribution >= 4 is 11.6 Å². The second kappa shape index (κ2) is 7.28. The third-order valence-corrected chi connectivity index (χ3v) is 2.99. The Morgan fingerprint density at radius 2 is 2.00 bits per heavy atom. The van der Waals surface area contributed by atoms with Gasteiger partial charge in [0.1, 0.15) is 17.5 Å². The highest BCUT2D eigenvalue weighted by molar-refractivity contribution is 5.58. The summed E-state index contributed by atoms with van der Waals surface area (Å²) >= 11 is 0. The zero-order valence-electron chi connectivity index (χ0n) is 12.7. The highest BCUT2D eigenvalue weighted by Crippen LogP contribution is 2.25. The summed E-state index contributed by atoms with van der Waals surface area (Å²) in [6.07, 6.45) is 1.06. The number of hydrogen-bond acceptors (Lipinski definition) is 5. The number of nitrogens with zero attached hydrogens (tertiary/aromatic N) is 3. The fraction of sp³-hybridized carbons (Fsp3) is 0.714. The van der Waals surface area contributed by atoms with Crippen LogP contribution in [0.4, 0.5) is 11.6 Å². The van der Waals surface area contributed by atoms with Gasteiger partial charge in [-0.25, -0.2) is 9.97 Å². The van der Waals surface area contributed by atoms with Gasteiger partial charge in [0.05, 0.1) is 6.61 Å². The van der Waals surface area contributed by atoms with Gasteiger partial charge in [0.2, 0.25) is 0 Å². The summed E-state index contributed by atoms with van der Waals surface area (Å²) in [7, 11) is 1.94. The monoisotopic (exact) mass is 266 g/mol. The van der Waals surface area contributed by atoms with E-state index >= 15 is 0 Å². The number of aromatic nitrogens is 2. The van der Waals surface area contributed by atoms with Crippen molar-refractivity contribution < 1.29 is 5.11 Å². The lowest BCUT2D eigenvalue weighted by atomic mass is 10.2. The van der Waals surface area contributed by atoms with Crippen LogP contribution in [0.1, 0.15) is 44.5 Å². The Kier molecular flexibility index (Phi) is 6.02. The van der Waals surface area contributed by atoms with Gasteiger partial charge in [0, 0.05) is 31.6 Å². The number of rotatable bonds is 7. The third kappa shape index (κ3) is 4.06. The van der Waals surface area contributed by atoms with Gasteiger partial charge in [-0.2, -0.15) is 0 Å². The number of aliphatic hydroxyl groups is 1. The van der Waals surface area contributed by atoms with E-state index < -0.39 is 0 Å². The minimum atomic E-state index is 0.120. The Morgan fingerprint density at radius 1 is 1.32 bits per heavy atom. The molecule has 5 heteroatoms. The molecule has 1 aromatic rings. The van der Waals surface area contributed by atoms with Gasteiger partial charge >= 0.3 is 0 Å². The molecule has 1 rings (SSSR count). The molecule has 0 radical (unpaired) electrons. The van der Waals surface area contributed by atoms with E-state index in [1.165, 1.54) is 0 Å². The van der Waals surface area contributed by atoms with Crippen LogP contribution in [-0.2, 0) is 0 Å². The maximum absolute atomic E-state index is 9.08. The van der Waals surface area contributed by atoms with Crippen molar-refractivity contribution in [1.29, 1.82) is 0 Å². The first kappa shape index (κ1) is 15.7. The highest BCUT2D eigenvalue weighted by Gasteiger charge is 2.15. The summed E-state index contributed by atoms with van der Waals surface area (Å²) < 4.78 is 0. The Balaban J connectivity index is 3.16. The van der Waals surface area contributed by atoms with E-state index in [9.17, 15) is 0 Å². The second-order valence-electron chi connectivity index (χ2n) is 5.11. The summed E-state index contributed by atoms with van der Waals surface area (Å²) in [5.41, 5.74) is 1.04. The first-order chi connectivity index (χ1) is 9.01. The number of hydrogen-bond donors (Lipinski definition) is 2. The molecule has 0 fully saturated rings. The van der Waals surface area contributed by atoms with Crippen LogP contribution in [0.15, 0.2) is 0 Å². The molecule has 0 bridgehead atoms. The summed E-state index contributed by atoms with van der Waals surface area (Å²) in [4.78, 5) is 11.2. The van der Waals surface area contributed by atoms with Crippen molar-refractivity contribution in [3.05, 3.63) is 11.4 Å². The SMILES string of the molecule is CCCNc1nc(C(C)C)nc(N(C)CCO)c1C. The maximum Gasteiger partial charge on any atom is 0.137 e. The van der Waals surface area contributed by atoms with Crippen LogP contribution in [0.3, 0.4) is 0 Å². The smallest absolute Gasteiger partial charge is 0.137 e. The number of aliphatic hydroxyl groups excluding tert-OH is 1. The summed E-state index contributed by atoms with van der Waals surface area (Å²) in [5, 5.41) is 12.4. The maximum atomic E-state index is 9.08. The molecular weight excluding hydrogens is 240 g/mol. The zero-order valence-corrected chi connectivity index (χ0v) is 12.7. The largest absolute Gasteiger partial charge is 0.395 e. The second-order valence-corrected chi connectivity index (χ2v) is 5.11. The van der Waals surface area contributed by atoms with Crippen LogP contribution in [0.25, 0.3) is 0 Å². The molecule has 0 unspecified atom stereocenters. The van der Waals surface area contributed by atoms with E-state index in [2.05, 4.69) is 36.1 Å². The molecule has 2 N–H and O–H groups in total. The summed E-state index contributed by atoms with van der Waals surface area (Å²) in [6.45, 7) is 9.92. The fourth-order valence-electron chi connectivity index (χ4n) is 1.82. The number of anilines is 2. The zero-order chi connectivity index (χ0) is 14.4. The standard InChI is InChI=1S/C14H26N4O/c1-6-7-15-13-11(4)14(18(5)8-9-19)17-12(16-13)10(2)3/h10,19H,6-9H2,1-5H3,(H,15,16,17). The molecule has 0 spiro atoms. The van der Waals surface area contributed by atoms with Crippen LogP contribution >= 0.6 is 0 Å². The van der Waals surface area contributed by atoms with Gasteiger partial charge < -0.3 is 15.3 Å². The van der Waals surface area contributed by atoms with E-state index in [-0.39, 0.29) is 12.5 Å². The normalized spacial score (nSPS) is 10.9. The summed E-state index contributed by atoms with van der Waals surface area (Å²) in [6, 6.07) is 0. The average Bonchev–Trinajstić information content (AvgIpc) is 2.37. The van der Waals surface area contributed by atoms with Gasteiger partial charge in [-0.05, 0) is 13.3 Å². The van der Waals surface area contributed by atoms with E-state index in [1.54, 1.807) is 0 Å². The lowest BCUT2D eigenvalue weighted by Gasteiger charge is -2.22. The van der Waals surface area contributed by atoms with E-state index in [4.69, 9.17) is 5.11 Å². The molecule has 5 nitrogen and oxygen atoms in total. The Labute approximate surface area is 116 Å². The first-order valence-electron chi connectivity index (χ1n) is 6.95. The molecule has 0 aliphatic rings. The highest BCUT2D eigenvalue weighted by atomic mass is 16.3. The minimum Gasteiger partial charge on any atom is -0.395 e. The fourth-order valence-corrected chi connectivity index (χ4v) is 1.82.